The quantitative estimate of drug-likeness (QED) is 0.849. The van der Waals surface area contributed by atoms with E-state index in [-0.39, 0.29) is 18.2 Å². The zero-order chi connectivity index (χ0) is 11.5. The number of thiophene rings is 1. The van der Waals surface area contributed by atoms with Crippen LogP contribution >= 0.6 is 27.3 Å². The van der Waals surface area contributed by atoms with E-state index in [0.717, 1.165) is 3.79 Å². The normalized spacial score (nSPS) is 11.3. The lowest BCUT2D eigenvalue weighted by atomic mass is 10.4. The van der Waals surface area contributed by atoms with Gasteiger partial charge in [-0.3, -0.25) is 4.79 Å². The Balaban J connectivity index is 2.44. The first kappa shape index (κ1) is 12.6. The Morgan fingerprint density at radius 3 is 2.67 bits per heavy atom. The van der Waals surface area contributed by atoms with Crippen molar-refractivity contribution in [2.45, 2.75) is 0 Å². The highest BCUT2D eigenvalue weighted by Crippen LogP contribution is 2.21. The summed E-state index contributed by atoms with van der Waals surface area (Å²) in [6, 6.07) is 3.40. The first-order valence-corrected chi connectivity index (χ1v) is 7.25. The van der Waals surface area contributed by atoms with Gasteiger partial charge >= 0.3 is 0 Å². The molecule has 1 aromatic heterocycles. The number of primary sulfonamides is 1. The number of nitrogens with one attached hydrogen (secondary N) is 1. The Bertz CT molecular complexity index is 455. The molecular weight excluding hydrogens is 304 g/mol. The Kier molecular flexibility index (Phi) is 4.26. The molecule has 84 valence electrons. The summed E-state index contributed by atoms with van der Waals surface area (Å²) in [5.41, 5.74) is 0. The first-order chi connectivity index (χ1) is 6.88. The highest BCUT2D eigenvalue weighted by molar-refractivity contribution is 9.11. The molecule has 0 spiro atoms. The summed E-state index contributed by atoms with van der Waals surface area (Å²) in [7, 11) is -3.52. The van der Waals surface area contributed by atoms with Crippen molar-refractivity contribution >= 4 is 43.2 Å². The van der Waals surface area contributed by atoms with Crippen LogP contribution in [0.2, 0.25) is 0 Å². The van der Waals surface area contributed by atoms with Gasteiger partial charge in [-0.15, -0.1) is 11.3 Å². The standard InChI is InChI=1S/C7H9BrN2O3S2/c8-6-2-1-5(14-6)7(11)10-3-4-15(9,12)13/h1-2H,3-4H2,(H,10,11)(H2,9,12,13). The zero-order valence-electron chi connectivity index (χ0n) is 7.57. The van der Waals surface area contributed by atoms with E-state index in [0.29, 0.717) is 4.88 Å². The maximum atomic E-state index is 11.4. The number of nitrogens with two attached hydrogens (primary N) is 1. The number of hydrogen-bond donors (Lipinski definition) is 2. The molecule has 1 heterocycles. The van der Waals surface area contributed by atoms with Gasteiger partial charge in [0.2, 0.25) is 10.0 Å². The highest BCUT2D eigenvalue weighted by atomic mass is 79.9. The van der Waals surface area contributed by atoms with E-state index in [2.05, 4.69) is 21.2 Å². The number of carbonyl (C=O) groups is 1. The number of halogens is 1. The Hall–Kier alpha value is -0.440. The van der Waals surface area contributed by atoms with E-state index >= 15 is 0 Å². The number of carbonyl (C=O) groups excluding carboxylic acids is 1. The van der Waals surface area contributed by atoms with Crippen LogP contribution in [-0.2, 0) is 10.0 Å². The van der Waals surface area contributed by atoms with E-state index < -0.39 is 10.0 Å². The Labute approximate surface area is 99.8 Å². The average Bonchev–Trinajstić information content (AvgIpc) is 2.49. The molecule has 0 unspecified atom stereocenters. The molecule has 5 nitrogen and oxygen atoms in total. The molecule has 0 saturated heterocycles. The molecule has 0 aliphatic heterocycles. The van der Waals surface area contributed by atoms with Crippen molar-refractivity contribution in [1.82, 2.24) is 5.32 Å². The van der Waals surface area contributed by atoms with Gasteiger partial charge in [0.25, 0.3) is 5.91 Å². The van der Waals surface area contributed by atoms with Crippen molar-refractivity contribution in [2.75, 3.05) is 12.3 Å². The van der Waals surface area contributed by atoms with Gasteiger partial charge in [-0.05, 0) is 28.1 Å². The summed E-state index contributed by atoms with van der Waals surface area (Å²) in [6.07, 6.45) is 0. The molecule has 0 atom stereocenters. The van der Waals surface area contributed by atoms with Crippen molar-refractivity contribution in [2.24, 2.45) is 5.14 Å². The van der Waals surface area contributed by atoms with Crippen LogP contribution in [0, 0.1) is 0 Å². The third-order valence-corrected chi connectivity index (χ3v) is 3.86. The fraction of sp³-hybridized carbons (Fsp3) is 0.286. The van der Waals surface area contributed by atoms with Crippen LogP contribution in [0.4, 0.5) is 0 Å². The summed E-state index contributed by atoms with van der Waals surface area (Å²) in [5.74, 6) is -0.556. The smallest absolute Gasteiger partial charge is 0.261 e. The van der Waals surface area contributed by atoms with Crippen LogP contribution < -0.4 is 10.5 Å². The van der Waals surface area contributed by atoms with Crippen LogP contribution in [0.5, 0.6) is 0 Å². The van der Waals surface area contributed by atoms with Crippen LogP contribution in [-0.4, -0.2) is 26.6 Å². The van der Waals surface area contributed by atoms with Crippen LogP contribution in [0.15, 0.2) is 15.9 Å². The lowest BCUT2D eigenvalue weighted by molar-refractivity contribution is 0.0960. The zero-order valence-corrected chi connectivity index (χ0v) is 10.8. The predicted octanol–water partition coefficient (Wildman–Crippen LogP) is 0.529. The molecule has 0 fully saturated rings. The second-order valence-corrected chi connectivity index (χ2v) is 6.92. The topological polar surface area (TPSA) is 89.3 Å². The van der Waals surface area contributed by atoms with Gasteiger partial charge < -0.3 is 5.32 Å². The molecule has 0 saturated carbocycles. The molecule has 0 aliphatic rings. The lowest BCUT2D eigenvalue weighted by Gasteiger charge is -2.01. The average molecular weight is 313 g/mol. The molecule has 1 amide bonds. The highest BCUT2D eigenvalue weighted by Gasteiger charge is 2.09. The van der Waals surface area contributed by atoms with Gasteiger partial charge in [-0.1, -0.05) is 0 Å². The van der Waals surface area contributed by atoms with Gasteiger partial charge in [0.05, 0.1) is 14.4 Å². The van der Waals surface area contributed by atoms with E-state index in [1.165, 1.54) is 11.3 Å². The molecule has 0 aliphatic carbocycles. The van der Waals surface area contributed by atoms with Crippen molar-refractivity contribution in [3.05, 3.63) is 20.8 Å². The molecular formula is C7H9BrN2O3S2. The fourth-order valence-electron chi connectivity index (χ4n) is 0.830. The van der Waals surface area contributed by atoms with Gasteiger partial charge in [0.15, 0.2) is 0 Å². The minimum absolute atomic E-state index is 0.0210. The first-order valence-electron chi connectivity index (χ1n) is 3.92. The molecule has 0 radical (unpaired) electrons. The maximum Gasteiger partial charge on any atom is 0.261 e. The second-order valence-electron chi connectivity index (χ2n) is 2.73. The molecule has 1 aromatic rings. The van der Waals surface area contributed by atoms with Crippen molar-refractivity contribution in [3.8, 4) is 0 Å². The van der Waals surface area contributed by atoms with Crippen molar-refractivity contribution < 1.29 is 13.2 Å². The molecule has 0 aromatic carbocycles. The van der Waals surface area contributed by atoms with E-state index in [1.807, 2.05) is 0 Å². The molecule has 3 N–H and O–H groups in total. The lowest BCUT2D eigenvalue weighted by Crippen LogP contribution is -2.31. The largest absolute Gasteiger partial charge is 0.350 e. The Morgan fingerprint density at radius 1 is 1.53 bits per heavy atom. The third-order valence-electron chi connectivity index (χ3n) is 1.47. The van der Waals surface area contributed by atoms with Gasteiger partial charge in [0, 0.05) is 6.54 Å². The molecule has 1 rings (SSSR count). The van der Waals surface area contributed by atoms with Crippen LogP contribution in [0.1, 0.15) is 9.67 Å². The van der Waals surface area contributed by atoms with Crippen LogP contribution in [0.3, 0.4) is 0 Å². The minimum Gasteiger partial charge on any atom is -0.350 e. The van der Waals surface area contributed by atoms with Gasteiger partial charge in [0.1, 0.15) is 0 Å². The number of amides is 1. The second kappa shape index (κ2) is 5.06. The third kappa shape index (κ3) is 4.74. The van der Waals surface area contributed by atoms with Crippen molar-refractivity contribution in [3.63, 3.8) is 0 Å². The number of hydrogen-bond acceptors (Lipinski definition) is 4. The number of rotatable bonds is 4. The van der Waals surface area contributed by atoms with Gasteiger partial charge in [-0.2, -0.15) is 0 Å². The SMILES string of the molecule is NS(=O)(=O)CCNC(=O)c1ccc(Br)s1. The van der Waals surface area contributed by atoms with E-state index in [1.54, 1.807) is 12.1 Å². The summed E-state index contributed by atoms with van der Waals surface area (Å²) >= 11 is 4.50. The predicted molar refractivity (Wildman–Crippen MR) is 62.3 cm³/mol. The van der Waals surface area contributed by atoms with Crippen molar-refractivity contribution in [1.29, 1.82) is 0 Å². The monoisotopic (exact) mass is 312 g/mol. The van der Waals surface area contributed by atoms with Crippen LogP contribution in [0.25, 0.3) is 0 Å². The summed E-state index contributed by atoms with van der Waals surface area (Å²) in [6.45, 7) is 0.0210. The molecule has 0 bridgehead atoms. The summed E-state index contributed by atoms with van der Waals surface area (Å²) in [5, 5.41) is 7.24. The van der Waals surface area contributed by atoms with Gasteiger partial charge in [-0.25, -0.2) is 13.6 Å². The molecule has 15 heavy (non-hydrogen) atoms. The molecule has 8 heteroatoms. The Morgan fingerprint density at radius 2 is 2.20 bits per heavy atom. The fourth-order valence-corrected chi connectivity index (χ4v) is 2.52. The van der Waals surface area contributed by atoms with E-state index in [4.69, 9.17) is 5.14 Å². The minimum atomic E-state index is -3.52. The maximum absolute atomic E-state index is 11.4. The summed E-state index contributed by atoms with van der Waals surface area (Å²) < 4.78 is 22.0. The summed E-state index contributed by atoms with van der Waals surface area (Å²) in [4.78, 5) is 11.9. The number of sulfonamides is 1. The van der Waals surface area contributed by atoms with E-state index in [9.17, 15) is 13.2 Å².